The summed E-state index contributed by atoms with van der Waals surface area (Å²) in [6, 6.07) is 5.72. The predicted octanol–water partition coefficient (Wildman–Crippen LogP) is 2.42. The number of aromatic nitrogens is 1. The second-order valence-electron chi connectivity index (χ2n) is 5.01. The molecule has 0 bridgehead atoms. The van der Waals surface area contributed by atoms with Crippen LogP contribution in [0.5, 0.6) is 0 Å². The molecule has 1 aromatic heterocycles. The molecule has 0 aromatic carbocycles. The Bertz CT molecular complexity index is 520. The van der Waals surface area contributed by atoms with Gasteiger partial charge in [-0.05, 0) is 31.1 Å². The number of hydrogen-bond donors (Lipinski definition) is 2. The first-order valence-electron chi connectivity index (χ1n) is 6.92. The first-order chi connectivity index (χ1) is 9.99. The summed E-state index contributed by atoms with van der Waals surface area (Å²) in [5.41, 5.74) is 6.64. The van der Waals surface area contributed by atoms with E-state index in [0.717, 1.165) is 0 Å². The first-order valence-corrected chi connectivity index (χ1v) is 6.92. The van der Waals surface area contributed by atoms with E-state index in [1.165, 1.54) is 0 Å². The third-order valence-corrected chi connectivity index (χ3v) is 3.16. The minimum atomic E-state index is 0.213. The molecule has 0 saturated carbocycles. The van der Waals surface area contributed by atoms with E-state index in [2.05, 4.69) is 42.6 Å². The maximum atomic E-state index is 6.02. The summed E-state index contributed by atoms with van der Waals surface area (Å²) in [5, 5.41) is 3.31. The van der Waals surface area contributed by atoms with Crippen LogP contribution in [0.3, 0.4) is 0 Å². The molecule has 1 aromatic rings. The number of ether oxygens (including phenoxy) is 1. The lowest BCUT2D eigenvalue weighted by molar-refractivity contribution is 0.295. The average Bonchev–Trinajstić information content (AvgIpc) is 2.49. The number of nitrogens with one attached hydrogen (secondary N) is 1. The third kappa shape index (κ3) is 4.95. The van der Waals surface area contributed by atoms with Gasteiger partial charge in [-0.1, -0.05) is 26.5 Å². The Labute approximate surface area is 126 Å². The molecule has 0 aliphatic rings. The fourth-order valence-corrected chi connectivity index (χ4v) is 1.51. The molecule has 0 fully saturated rings. The zero-order valence-corrected chi connectivity index (χ0v) is 13.1. The van der Waals surface area contributed by atoms with Crippen LogP contribution < -0.4 is 11.1 Å². The molecule has 1 atom stereocenters. The molecule has 0 spiro atoms. The summed E-state index contributed by atoms with van der Waals surface area (Å²) < 4.78 is 5.30. The van der Waals surface area contributed by atoms with Gasteiger partial charge in [0, 0.05) is 12.2 Å². The molecule has 5 heteroatoms. The fourth-order valence-electron chi connectivity index (χ4n) is 1.51. The second-order valence-corrected chi connectivity index (χ2v) is 5.01. The molecule has 114 valence electrons. The van der Waals surface area contributed by atoms with Gasteiger partial charge in [0.2, 0.25) is 0 Å². The van der Waals surface area contributed by atoms with E-state index in [9.17, 15) is 0 Å². The van der Waals surface area contributed by atoms with E-state index in [0.29, 0.717) is 29.0 Å². The molecule has 5 nitrogen and oxygen atoms in total. The Kier molecular flexibility index (Phi) is 6.46. The second kappa shape index (κ2) is 8.09. The van der Waals surface area contributed by atoms with E-state index in [4.69, 9.17) is 10.5 Å². The predicted molar refractivity (Wildman–Crippen MR) is 86.6 cm³/mol. The summed E-state index contributed by atoms with van der Waals surface area (Å²) in [7, 11) is 1.57. The van der Waals surface area contributed by atoms with Crippen LogP contribution in [-0.4, -0.2) is 24.0 Å². The lowest BCUT2D eigenvalue weighted by atomic mass is 10.1. The minimum Gasteiger partial charge on any atom is -0.493 e. The maximum Gasteiger partial charge on any atom is 0.171 e. The maximum absolute atomic E-state index is 6.02. The van der Waals surface area contributed by atoms with Gasteiger partial charge in [-0.15, -0.1) is 0 Å². The van der Waals surface area contributed by atoms with Crippen LogP contribution in [0.2, 0.25) is 0 Å². The topological polar surface area (TPSA) is 72.5 Å². The number of hydrogen-bond acceptors (Lipinski definition) is 4. The number of aliphatic imine (C=N–C) groups is 1. The number of methoxy groups -OCH3 is 1. The SMILES string of the molecule is C=C/C(OC)=C(\N=C(N)c1ccccn1)NC(C)C(C)C. The van der Waals surface area contributed by atoms with Crippen molar-refractivity contribution < 1.29 is 4.74 Å². The van der Waals surface area contributed by atoms with Gasteiger partial charge in [0.1, 0.15) is 5.69 Å². The molecule has 0 aliphatic heterocycles. The van der Waals surface area contributed by atoms with Crippen molar-refractivity contribution in [1.29, 1.82) is 0 Å². The van der Waals surface area contributed by atoms with E-state index in [1.807, 2.05) is 18.2 Å². The van der Waals surface area contributed by atoms with Gasteiger partial charge in [0.05, 0.1) is 7.11 Å². The Morgan fingerprint density at radius 1 is 1.43 bits per heavy atom. The van der Waals surface area contributed by atoms with Crippen molar-refractivity contribution in [2.75, 3.05) is 7.11 Å². The highest BCUT2D eigenvalue weighted by Gasteiger charge is 2.12. The smallest absolute Gasteiger partial charge is 0.171 e. The van der Waals surface area contributed by atoms with Gasteiger partial charge >= 0.3 is 0 Å². The van der Waals surface area contributed by atoms with Crippen molar-refractivity contribution >= 4 is 5.84 Å². The monoisotopic (exact) mass is 288 g/mol. The largest absolute Gasteiger partial charge is 0.493 e. The summed E-state index contributed by atoms with van der Waals surface area (Å²) in [6.45, 7) is 10.1. The summed E-state index contributed by atoms with van der Waals surface area (Å²) in [6.07, 6.45) is 3.28. The number of rotatable bonds is 7. The fraction of sp³-hybridized carbons (Fsp3) is 0.375. The van der Waals surface area contributed by atoms with Crippen molar-refractivity contribution in [2.45, 2.75) is 26.8 Å². The molecule has 1 unspecified atom stereocenters. The molecule has 0 aliphatic carbocycles. The number of amidine groups is 1. The highest BCUT2D eigenvalue weighted by molar-refractivity contribution is 5.96. The lowest BCUT2D eigenvalue weighted by Crippen LogP contribution is -2.31. The van der Waals surface area contributed by atoms with Crippen LogP contribution in [0.1, 0.15) is 26.5 Å². The van der Waals surface area contributed by atoms with Crippen molar-refractivity contribution in [1.82, 2.24) is 10.3 Å². The van der Waals surface area contributed by atoms with E-state index >= 15 is 0 Å². The zero-order valence-electron chi connectivity index (χ0n) is 13.1. The van der Waals surface area contributed by atoms with E-state index in [-0.39, 0.29) is 6.04 Å². The Morgan fingerprint density at radius 3 is 2.62 bits per heavy atom. The number of allylic oxidation sites excluding steroid dienone is 1. The quantitative estimate of drug-likeness (QED) is 0.350. The summed E-state index contributed by atoms with van der Waals surface area (Å²) >= 11 is 0. The van der Waals surface area contributed by atoms with Crippen LogP contribution in [0.4, 0.5) is 0 Å². The molecular weight excluding hydrogens is 264 g/mol. The Hall–Kier alpha value is -2.30. The average molecular weight is 288 g/mol. The molecule has 21 heavy (non-hydrogen) atoms. The molecule has 1 heterocycles. The molecule has 0 radical (unpaired) electrons. The van der Waals surface area contributed by atoms with Crippen molar-refractivity contribution in [3.05, 3.63) is 54.3 Å². The molecule has 0 saturated heterocycles. The van der Waals surface area contributed by atoms with Crippen LogP contribution >= 0.6 is 0 Å². The highest BCUT2D eigenvalue weighted by atomic mass is 16.5. The van der Waals surface area contributed by atoms with Crippen LogP contribution in [0.15, 0.2) is 53.6 Å². The van der Waals surface area contributed by atoms with Crippen molar-refractivity contribution in [3.63, 3.8) is 0 Å². The van der Waals surface area contributed by atoms with Gasteiger partial charge in [-0.25, -0.2) is 4.99 Å². The molecule has 3 N–H and O–H groups in total. The normalized spacial score (nSPS) is 14.4. The minimum absolute atomic E-state index is 0.213. The van der Waals surface area contributed by atoms with Gasteiger partial charge in [0.25, 0.3) is 0 Å². The van der Waals surface area contributed by atoms with Crippen molar-refractivity contribution in [2.24, 2.45) is 16.6 Å². The van der Waals surface area contributed by atoms with Crippen LogP contribution in [-0.2, 0) is 4.74 Å². The third-order valence-electron chi connectivity index (χ3n) is 3.16. The van der Waals surface area contributed by atoms with Gasteiger partial charge in [-0.3, -0.25) is 4.98 Å². The zero-order chi connectivity index (χ0) is 15.8. The number of nitrogens with zero attached hydrogens (tertiary/aromatic N) is 2. The van der Waals surface area contributed by atoms with Gasteiger partial charge < -0.3 is 15.8 Å². The van der Waals surface area contributed by atoms with Crippen molar-refractivity contribution in [3.8, 4) is 0 Å². The van der Waals surface area contributed by atoms with Gasteiger partial charge in [-0.2, -0.15) is 0 Å². The van der Waals surface area contributed by atoms with Crippen LogP contribution in [0, 0.1) is 5.92 Å². The number of nitrogens with two attached hydrogens (primary N) is 1. The first kappa shape index (κ1) is 16.8. The Morgan fingerprint density at radius 2 is 2.14 bits per heavy atom. The summed E-state index contributed by atoms with van der Waals surface area (Å²) in [5.74, 6) is 1.86. The van der Waals surface area contributed by atoms with Gasteiger partial charge in [0.15, 0.2) is 17.4 Å². The van der Waals surface area contributed by atoms with Crippen LogP contribution in [0.25, 0.3) is 0 Å². The van der Waals surface area contributed by atoms with E-state index in [1.54, 1.807) is 19.4 Å². The number of pyridine rings is 1. The summed E-state index contributed by atoms with van der Waals surface area (Å²) in [4.78, 5) is 8.60. The lowest BCUT2D eigenvalue weighted by Gasteiger charge is -2.20. The molecule has 1 rings (SSSR count). The molecular formula is C16H24N4O. The van der Waals surface area contributed by atoms with E-state index < -0.39 is 0 Å². The highest BCUT2D eigenvalue weighted by Crippen LogP contribution is 2.11. The standard InChI is InChI=1S/C16H24N4O/c1-6-14(21-5)16(19-12(4)11(2)3)20-15(17)13-9-7-8-10-18-13/h6-12,19H,1H2,2-5H3,(H2,17,20)/b16-14+. The molecule has 0 amide bonds. The Balaban J connectivity index is 3.14.